The van der Waals surface area contributed by atoms with Crippen molar-refractivity contribution in [3.8, 4) is 0 Å². The van der Waals surface area contributed by atoms with Crippen LogP contribution in [0, 0.1) is 13.8 Å². The Labute approximate surface area is 131 Å². The largest absolute Gasteiger partial charge is 0.351 e. The molecular weight excluding hydrogens is 302 g/mol. The minimum Gasteiger partial charge on any atom is -0.351 e. The molecule has 7 nitrogen and oxygen atoms in total. The molecular formula is C14H17N5O2S. The Bertz CT molecular complexity index is 762. The maximum Gasteiger partial charge on any atom is 0.263 e. The van der Waals surface area contributed by atoms with E-state index >= 15 is 0 Å². The van der Waals surface area contributed by atoms with Gasteiger partial charge in [-0.05, 0) is 26.7 Å². The van der Waals surface area contributed by atoms with Crippen molar-refractivity contribution in [1.82, 2.24) is 20.1 Å². The highest BCUT2D eigenvalue weighted by Gasteiger charge is 2.23. The highest BCUT2D eigenvalue weighted by atomic mass is 32.1. The minimum atomic E-state index is -0.243. The molecule has 0 radical (unpaired) electrons. The second kappa shape index (κ2) is 5.53. The average molecular weight is 319 g/mol. The third kappa shape index (κ3) is 2.50. The van der Waals surface area contributed by atoms with E-state index in [-0.39, 0.29) is 11.8 Å². The zero-order valence-electron chi connectivity index (χ0n) is 12.7. The zero-order chi connectivity index (χ0) is 15.9. The van der Waals surface area contributed by atoms with Crippen LogP contribution in [0.5, 0.6) is 0 Å². The van der Waals surface area contributed by atoms with Crippen molar-refractivity contribution in [2.75, 3.05) is 11.9 Å². The van der Waals surface area contributed by atoms with E-state index in [9.17, 15) is 9.59 Å². The van der Waals surface area contributed by atoms with Crippen LogP contribution in [0.2, 0.25) is 0 Å². The Kier molecular flexibility index (Phi) is 3.69. The number of aryl methyl sites for hydroxylation is 3. The topological polar surface area (TPSA) is 88.9 Å². The molecule has 3 heterocycles. The van der Waals surface area contributed by atoms with E-state index in [4.69, 9.17) is 0 Å². The van der Waals surface area contributed by atoms with Gasteiger partial charge in [0.05, 0.1) is 17.0 Å². The normalized spacial score (nSPS) is 14.2. The molecule has 1 aliphatic rings. The maximum atomic E-state index is 12.4. The van der Waals surface area contributed by atoms with Crippen LogP contribution in [0.4, 0.5) is 5.13 Å². The zero-order valence-corrected chi connectivity index (χ0v) is 13.5. The number of nitrogens with one attached hydrogen (secondary N) is 2. The van der Waals surface area contributed by atoms with Gasteiger partial charge in [0, 0.05) is 19.3 Å². The molecule has 0 saturated carbocycles. The molecule has 0 bridgehead atoms. The smallest absolute Gasteiger partial charge is 0.263 e. The number of carbonyl (C=O) groups is 2. The molecule has 8 heteroatoms. The summed E-state index contributed by atoms with van der Waals surface area (Å²) < 4.78 is 1.68. The summed E-state index contributed by atoms with van der Waals surface area (Å²) in [7, 11) is 1.80. The summed E-state index contributed by atoms with van der Waals surface area (Å²) in [6, 6.07) is 0. The van der Waals surface area contributed by atoms with Gasteiger partial charge in [-0.25, -0.2) is 4.98 Å². The third-order valence-corrected chi connectivity index (χ3v) is 4.75. The number of fused-ring (bicyclic) bond motifs is 1. The van der Waals surface area contributed by atoms with Gasteiger partial charge in [-0.1, -0.05) is 11.3 Å². The van der Waals surface area contributed by atoms with Crippen LogP contribution in [0.15, 0.2) is 0 Å². The fourth-order valence-corrected chi connectivity index (χ4v) is 3.48. The molecule has 0 unspecified atom stereocenters. The highest BCUT2D eigenvalue weighted by Crippen LogP contribution is 2.26. The van der Waals surface area contributed by atoms with Crippen LogP contribution in [-0.4, -0.2) is 33.1 Å². The first-order valence-corrected chi connectivity index (χ1v) is 7.88. The van der Waals surface area contributed by atoms with Gasteiger partial charge < -0.3 is 5.32 Å². The van der Waals surface area contributed by atoms with Crippen LogP contribution in [0.25, 0.3) is 0 Å². The summed E-state index contributed by atoms with van der Waals surface area (Å²) >= 11 is 1.22. The monoisotopic (exact) mass is 319 g/mol. The summed E-state index contributed by atoms with van der Waals surface area (Å²) in [6.07, 6.45) is 1.60. The highest BCUT2D eigenvalue weighted by molar-refractivity contribution is 7.17. The van der Waals surface area contributed by atoms with E-state index in [1.54, 1.807) is 18.7 Å². The van der Waals surface area contributed by atoms with Gasteiger partial charge >= 0.3 is 0 Å². The first-order chi connectivity index (χ1) is 10.5. The van der Waals surface area contributed by atoms with Crippen LogP contribution >= 0.6 is 11.3 Å². The Hall–Kier alpha value is -2.22. The molecule has 0 aliphatic carbocycles. The molecule has 22 heavy (non-hydrogen) atoms. The number of carbonyl (C=O) groups excluding carboxylic acids is 2. The number of aromatic nitrogens is 3. The lowest BCUT2D eigenvalue weighted by molar-refractivity contribution is 0.0958. The van der Waals surface area contributed by atoms with Crippen molar-refractivity contribution >= 4 is 28.3 Å². The molecule has 0 fully saturated rings. The third-order valence-electron chi connectivity index (χ3n) is 3.74. The van der Waals surface area contributed by atoms with Crippen molar-refractivity contribution < 1.29 is 9.59 Å². The van der Waals surface area contributed by atoms with Gasteiger partial charge in [-0.15, -0.1) is 0 Å². The molecule has 2 aromatic rings. The minimum absolute atomic E-state index is 0.112. The van der Waals surface area contributed by atoms with Crippen LogP contribution < -0.4 is 10.6 Å². The molecule has 2 amide bonds. The van der Waals surface area contributed by atoms with Crippen LogP contribution in [0.3, 0.4) is 0 Å². The van der Waals surface area contributed by atoms with E-state index < -0.39 is 0 Å². The lowest BCUT2D eigenvalue weighted by Crippen LogP contribution is -2.21. The van der Waals surface area contributed by atoms with Crippen molar-refractivity contribution in [2.24, 2.45) is 7.05 Å². The van der Waals surface area contributed by atoms with E-state index in [0.29, 0.717) is 27.8 Å². The lowest BCUT2D eigenvalue weighted by Gasteiger charge is -2.02. The number of anilines is 1. The molecule has 2 aromatic heterocycles. The van der Waals surface area contributed by atoms with Crippen molar-refractivity contribution in [1.29, 1.82) is 0 Å². The second-order valence-electron chi connectivity index (χ2n) is 5.28. The number of thiazole rings is 1. The van der Waals surface area contributed by atoms with Crippen molar-refractivity contribution in [3.05, 3.63) is 27.5 Å². The van der Waals surface area contributed by atoms with Crippen LogP contribution in [0.1, 0.15) is 43.5 Å². The summed E-state index contributed by atoms with van der Waals surface area (Å²) in [5, 5.41) is 10.3. The Balaban J connectivity index is 1.86. The lowest BCUT2D eigenvalue weighted by atomic mass is 10.2. The molecule has 3 rings (SSSR count). The van der Waals surface area contributed by atoms with E-state index in [0.717, 1.165) is 24.2 Å². The number of nitrogens with zero attached hydrogens (tertiary/aromatic N) is 3. The molecule has 0 saturated heterocycles. The first kappa shape index (κ1) is 14.7. The molecule has 0 spiro atoms. The Morgan fingerprint density at radius 1 is 1.41 bits per heavy atom. The Morgan fingerprint density at radius 2 is 2.18 bits per heavy atom. The van der Waals surface area contributed by atoms with E-state index in [1.807, 2.05) is 6.92 Å². The summed E-state index contributed by atoms with van der Waals surface area (Å²) in [5.74, 6) is -0.355. The van der Waals surface area contributed by atoms with Gasteiger partial charge in [-0.2, -0.15) is 5.10 Å². The Morgan fingerprint density at radius 3 is 2.86 bits per heavy atom. The second-order valence-corrected chi connectivity index (χ2v) is 6.28. The van der Waals surface area contributed by atoms with Gasteiger partial charge in [0.25, 0.3) is 11.8 Å². The number of amides is 2. The number of rotatable bonds is 2. The predicted molar refractivity (Wildman–Crippen MR) is 83.4 cm³/mol. The molecule has 2 N–H and O–H groups in total. The quantitative estimate of drug-likeness (QED) is 0.876. The van der Waals surface area contributed by atoms with Crippen LogP contribution in [-0.2, 0) is 13.5 Å². The summed E-state index contributed by atoms with van der Waals surface area (Å²) in [4.78, 5) is 29.3. The molecule has 1 aliphatic heterocycles. The van der Waals surface area contributed by atoms with Gasteiger partial charge in [0.15, 0.2) is 5.13 Å². The maximum absolute atomic E-state index is 12.4. The number of hydrogen-bond donors (Lipinski definition) is 2. The standard InChI is InChI=1S/C14H17N5O2S/c1-7-10(8(2)19(3)18-7)12(20)17-14-16-9-5-4-6-15-13(21)11(9)22-14/h4-6H2,1-3H3,(H,15,21)(H,16,17,20). The molecule has 0 aromatic carbocycles. The van der Waals surface area contributed by atoms with Crippen molar-refractivity contribution in [3.63, 3.8) is 0 Å². The summed E-state index contributed by atoms with van der Waals surface area (Å²) in [6.45, 7) is 4.31. The fourth-order valence-electron chi connectivity index (χ4n) is 2.55. The van der Waals surface area contributed by atoms with Gasteiger partial charge in [0.2, 0.25) is 0 Å². The first-order valence-electron chi connectivity index (χ1n) is 7.07. The van der Waals surface area contributed by atoms with E-state index in [1.165, 1.54) is 11.3 Å². The number of hydrogen-bond acceptors (Lipinski definition) is 5. The van der Waals surface area contributed by atoms with E-state index in [2.05, 4.69) is 20.7 Å². The fraction of sp³-hybridized carbons (Fsp3) is 0.429. The molecule has 116 valence electrons. The molecule has 0 atom stereocenters. The summed E-state index contributed by atoms with van der Waals surface area (Å²) in [5.41, 5.74) is 2.78. The van der Waals surface area contributed by atoms with Gasteiger partial charge in [0.1, 0.15) is 4.88 Å². The average Bonchev–Trinajstić information content (AvgIpc) is 2.90. The SMILES string of the molecule is Cc1nn(C)c(C)c1C(=O)Nc1nc2c(s1)C(=O)NCCC2. The van der Waals surface area contributed by atoms with Gasteiger partial charge in [-0.3, -0.25) is 19.6 Å². The predicted octanol–water partition coefficient (Wildman–Crippen LogP) is 1.42. The van der Waals surface area contributed by atoms with Crippen molar-refractivity contribution in [2.45, 2.75) is 26.7 Å².